The van der Waals surface area contributed by atoms with E-state index in [2.05, 4.69) is 0 Å². The van der Waals surface area contributed by atoms with E-state index in [0.717, 1.165) is 0 Å². The van der Waals surface area contributed by atoms with E-state index in [1.54, 1.807) is 0 Å². The average Bonchev–Trinajstić information content (AvgIpc) is 1.61. The van der Waals surface area contributed by atoms with E-state index >= 15 is 0 Å². The van der Waals surface area contributed by atoms with Gasteiger partial charge in [-0.15, -0.1) is 0 Å². The summed E-state index contributed by atoms with van der Waals surface area (Å²) >= 11 is 0. The molecule has 0 bridgehead atoms. The zero-order valence-electron chi connectivity index (χ0n) is 4.55. The Kier molecular flexibility index (Phi) is 3.98. The molecule has 0 aliphatic rings. The molecule has 0 atom stereocenters. The van der Waals surface area contributed by atoms with E-state index in [0.29, 0.717) is 13.2 Å². The molecule has 0 unspecified atom stereocenters. The van der Waals surface area contributed by atoms with Crippen molar-refractivity contribution in [3.8, 4) is 0 Å². The summed E-state index contributed by atoms with van der Waals surface area (Å²) in [6, 6.07) is 0. The topological polar surface area (TPSA) is 61.3 Å². The predicted octanol–water partition coefficient (Wildman–Crippen LogP) is -0.734. The maximum atomic E-state index is 5.13. The molecule has 0 spiro atoms. The summed E-state index contributed by atoms with van der Waals surface area (Å²) in [4.78, 5) is 0. The van der Waals surface area contributed by atoms with Gasteiger partial charge in [0.15, 0.2) is 0 Å². The zero-order valence-corrected chi connectivity index (χ0v) is 4.55. The summed E-state index contributed by atoms with van der Waals surface area (Å²) in [5, 5.41) is 0. The number of nitrogens with two attached hydrogens (primary N) is 2. The van der Waals surface area contributed by atoms with Crippen LogP contribution < -0.4 is 11.5 Å². The van der Waals surface area contributed by atoms with E-state index in [1.807, 2.05) is 6.92 Å². The molecule has 0 rings (SSSR count). The van der Waals surface area contributed by atoms with Crippen LogP contribution in [0.5, 0.6) is 0 Å². The Morgan fingerprint density at radius 3 is 2.29 bits per heavy atom. The Morgan fingerprint density at radius 2 is 2.14 bits per heavy atom. The van der Waals surface area contributed by atoms with E-state index in [9.17, 15) is 0 Å². The number of ether oxygens (including phenoxy) is 1. The van der Waals surface area contributed by atoms with Gasteiger partial charge in [-0.1, -0.05) is 0 Å². The van der Waals surface area contributed by atoms with Gasteiger partial charge in [0, 0.05) is 6.61 Å². The summed E-state index contributed by atoms with van der Waals surface area (Å²) in [5.41, 5.74) is 10.3. The normalized spacial score (nSPS) is 10.3. The first-order valence-electron chi connectivity index (χ1n) is 2.36. The molecule has 0 aromatic carbocycles. The SMILES string of the molecule is CCOCC(N)N. The standard InChI is InChI=1S/C4H12N2O/c1-2-7-3-4(5)6/h4H,2-3,5-6H2,1H3. The molecule has 0 fully saturated rings. The lowest BCUT2D eigenvalue weighted by molar-refractivity contribution is 0.134. The quantitative estimate of drug-likeness (QED) is 0.464. The fraction of sp³-hybridized carbons (Fsp3) is 1.00. The van der Waals surface area contributed by atoms with Gasteiger partial charge in [0.05, 0.1) is 12.8 Å². The molecule has 0 aromatic heterocycles. The molecule has 3 nitrogen and oxygen atoms in total. The molecular weight excluding hydrogens is 92.1 g/mol. The molecule has 4 N–H and O–H groups in total. The minimum atomic E-state index is -0.319. The van der Waals surface area contributed by atoms with Crippen molar-refractivity contribution >= 4 is 0 Å². The first kappa shape index (κ1) is 6.88. The van der Waals surface area contributed by atoms with Crippen molar-refractivity contribution in [2.24, 2.45) is 11.5 Å². The zero-order chi connectivity index (χ0) is 5.70. The van der Waals surface area contributed by atoms with Gasteiger partial charge in [-0.05, 0) is 6.92 Å². The number of rotatable bonds is 3. The Morgan fingerprint density at radius 1 is 1.57 bits per heavy atom. The van der Waals surface area contributed by atoms with E-state index in [4.69, 9.17) is 16.2 Å². The maximum Gasteiger partial charge on any atom is 0.0762 e. The van der Waals surface area contributed by atoms with Crippen LogP contribution in [-0.4, -0.2) is 19.4 Å². The summed E-state index contributed by atoms with van der Waals surface area (Å²) < 4.78 is 4.84. The second-order valence-electron chi connectivity index (χ2n) is 1.32. The highest BCUT2D eigenvalue weighted by Gasteiger charge is 1.88. The van der Waals surface area contributed by atoms with Crippen LogP contribution in [0.2, 0.25) is 0 Å². The van der Waals surface area contributed by atoms with Gasteiger partial charge in [-0.2, -0.15) is 0 Å². The number of hydrogen-bond donors (Lipinski definition) is 2. The van der Waals surface area contributed by atoms with Crippen molar-refractivity contribution in [2.45, 2.75) is 13.1 Å². The third-order valence-corrected chi connectivity index (χ3v) is 0.514. The van der Waals surface area contributed by atoms with Crippen LogP contribution in [0.4, 0.5) is 0 Å². The van der Waals surface area contributed by atoms with Gasteiger partial charge >= 0.3 is 0 Å². The van der Waals surface area contributed by atoms with Crippen molar-refractivity contribution in [3.05, 3.63) is 0 Å². The van der Waals surface area contributed by atoms with Crippen molar-refractivity contribution in [2.75, 3.05) is 13.2 Å². The monoisotopic (exact) mass is 104 g/mol. The Hall–Kier alpha value is -0.120. The van der Waals surface area contributed by atoms with Crippen molar-refractivity contribution in [1.82, 2.24) is 0 Å². The highest BCUT2D eigenvalue weighted by molar-refractivity contribution is 4.44. The smallest absolute Gasteiger partial charge is 0.0762 e. The lowest BCUT2D eigenvalue weighted by atomic mass is 10.6. The van der Waals surface area contributed by atoms with Crippen molar-refractivity contribution in [3.63, 3.8) is 0 Å². The lowest BCUT2D eigenvalue weighted by Crippen LogP contribution is -2.35. The summed E-state index contributed by atoms with van der Waals surface area (Å²) in [5.74, 6) is 0. The molecule has 0 heterocycles. The molecule has 0 saturated carbocycles. The highest BCUT2D eigenvalue weighted by atomic mass is 16.5. The molecule has 3 heteroatoms. The average molecular weight is 104 g/mol. The molecule has 0 aliphatic heterocycles. The molecule has 0 saturated heterocycles. The van der Waals surface area contributed by atoms with E-state index in [1.165, 1.54) is 0 Å². The summed E-state index contributed by atoms with van der Waals surface area (Å²) in [6.45, 7) is 3.05. The van der Waals surface area contributed by atoms with Crippen molar-refractivity contribution < 1.29 is 4.74 Å². The maximum absolute atomic E-state index is 5.13. The molecule has 0 amide bonds. The van der Waals surface area contributed by atoms with Gasteiger partial charge in [-0.3, -0.25) is 0 Å². The molecular formula is C4H12N2O. The molecule has 7 heavy (non-hydrogen) atoms. The third kappa shape index (κ3) is 5.88. The minimum Gasteiger partial charge on any atom is -0.379 e. The van der Waals surface area contributed by atoms with Crippen LogP contribution in [0.25, 0.3) is 0 Å². The fourth-order valence-electron chi connectivity index (χ4n) is 0.254. The molecule has 0 aromatic rings. The molecule has 0 radical (unpaired) electrons. The van der Waals surface area contributed by atoms with Crippen LogP contribution in [0.3, 0.4) is 0 Å². The van der Waals surface area contributed by atoms with Crippen LogP contribution in [-0.2, 0) is 4.74 Å². The first-order valence-corrected chi connectivity index (χ1v) is 2.36. The Bertz CT molecular complexity index is 38.7. The van der Waals surface area contributed by atoms with Crippen LogP contribution in [0.15, 0.2) is 0 Å². The largest absolute Gasteiger partial charge is 0.379 e. The van der Waals surface area contributed by atoms with Gasteiger partial charge in [-0.25, -0.2) is 0 Å². The van der Waals surface area contributed by atoms with E-state index in [-0.39, 0.29) is 6.17 Å². The highest BCUT2D eigenvalue weighted by Crippen LogP contribution is 1.70. The second kappa shape index (κ2) is 4.05. The first-order chi connectivity index (χ1) is 3.27. The third-order valence-electron chi connectivity index (χ3n) is 0.514. The van der Waals surface area contributed by atoms with E-state index < -0.39 is 0 Å². The van der Waals surface area contributed by atoms with Crippen LogP contribution in [0, 0.1) is 0 Å². The Balaban J connectivity index is 2.68. The fourth-order valence-corrected chi connectivity index (χ4v) is 0.254. The van der Waals surface area contributed by atoms with Gasteiger partial charge in [0.1, 0.15) is 0 Å². The van der Waals surface area contributed by atoms with Crippen LogP contribution >= 0.6 is 0 Å². The molecule has 44 valence electrons. The van der Waals surface area contributed by atoms with Crippen molar-refractivity contribution in [1.29, 1.82) is 0 Å². The van der Waals surface area contributed by atoms with Gasteiger partial charge in [0.2, 0.25) is 0 Å². The Labute approximate surface area is 43.6 Å². The van der Waals surface area contributed by atoms with Gasteiger partial charge < -0.3 is 16.2 Å². The predicted molar refractivity (Wildman–Crippen MR) is 28.7 cm³/mol. The lowest BCUT2D eigenvalue weighted by Gasteiger charge is -2.02. The minimum absolute atomic E-state index is 0.319. The summed E-state index contributed by atoms with van der Waals surface area (Å²) in [6.07, 6.45) is -0.319. The molecule has 0 aliphatic carbocycles. The second-order valence-corrected chi connectivity index (χ2v) is 1.32. The number of hydrogen-bond acceptors (Lipinski definition) is 3. The van der Waals surface area contributed by atoms with Gasteiger partial charge in [0.25, 0.3) is 0 Å². The summed E-state index contributed by atoms with van der Waals surface area (Å²) in [7, 11) is 0. The van der Waals surface area contributed by atoms with Crippen LogP contribution in [0.1, 0.15) is 6.92 Å².